The largest absolute Gasteiger partial charge is 0.573 e. The number of hydrogen-bond donors (Lipinski definition) is 2. The van der Waals surface area contributed by atoms with Gasteiger partial charge in [0.2, 0.25) is 11.7 Å². The SMILES string of the molecule is OC1CC(c2nc(-c3ccc(OC(F)(F)F)cc3)no2)N(Cc2c[nH]c3ccccc23)C1. The van der Waals surface area contributed by atoms with Gasteiger partial charge in [-0.1, -0.05) is 23.4 Å². The first kappa shape index (κ1) is 20.5. The van der Waals surface area contributed by atoms with Crippen LogP contribution in [0.5, 0.6) is 5.75 Å². The summed E-state index contributed by atoms with van der Waals surface area (Å²) in [5.41, 5.74) is 2.63. The first-order chi connectivity index (χ1) is 15.4. The first-order valence-corrected chi connectivity index (χ1v) is 10.0. The molecule has 4 aromatic rings. The van der Waals surface area contributed by atoms with Crippen molar-refractivity contribution in [2.45, 2.75) is 31.5 Å². The molecule has 0 aliphatic carbocycles. The number of aromatic nitrogens is 3. The van der Waals surface area contributed by atoms with Crippen LogP contribution >= 0.6 is 0 Å². The number of H-pyrrole nitrogens is 1. The molecule has 7 nitrogen and oxygen atoms in total. The van der Waals surface area contributed by atoms with E-state index in [0.717, 1.165) is 16.5 Å². The van der Waals surface area contributed by atoms with Crippen LogP contribution in [-0.4, -0.2) is 44.1 Å². The molecule has 10 heteroatoms. The summed E-state index contributed by atoms with van der Waals surface area (Å²) in [6.45, 7) is 1.05. The van der Waals surface area contributed by atoms with Gasteiger partial charge in [0, 0.05) is 35.8 Å². The second-order valence-corrected chi connectivity index (χ2v) is 7.72. The average Bonchev–Trinajstić information content (AvgIpc) is 3.47. The van der Waals surface area contributed by atoms with Gasteiger partial charge in [0.15, 0.2) is 0 Å². The van der Waals surface area contributed by atoms with E-state index in [1.54, 1.807) is 0 Å². The fraction of sp³-hybridized carbons (Fsp3) is 0.273. The highest BCUT2D eigenvalue weighted by Gasteiger charge is 2.36. The van der Waals surface area contributed by atoms with E-state index in [4.69, 9.17) is 4.52 Å². The molecule has 0 spiro atoms. The van der Waals surface area contributed by atoms with E-state index < -0.39 is 12.5 Å². The highest BCUT2D eigenvalue weighted by Crippen LogP contribution is 2.35. The van der Waals surface area contributed by atoms with Gasteiger partial charge in [-0.3, -0.25) is 4.90 Å². The maximum absolute atomic E-state index is 12.3. The van der Waals surface area contributed by atoms with E-state index in [1.165, 1.54) is 24.3 Å². The van der Waals surface area contributed by atoms with Crippen LogP contribution in [0.1, 0.15) is 23.9 Å². The summed E-state index contributed by atoms with van der Waals surface area (Å²) in [4.78, 5) is 9.77. The molecule has 2 unspecified atom stereocenters. The van der Waals surface area contributed by atoms with Gasteiger partial charge in [-0.2, -0.15) is 4.98 Å². The Morgan fingerprint density at radius 1 is 1.16 bits per heavy atom. The van der Waals surface area contributed by atoms with Crippen LogP contribution in [0.2, 0.25) is 0 Å². The van der Waals surface area contributed by atoms with Crippen molar-refractivity contribution in [3.63, 3.8) is 0 Å². The number of nitrogens with one attached hydrogen (secondary N) is 1. The molecule has 0 bridgehead atoms. The fourth-order valence-electron chi connectivity index (χ4n) is 4.09. The molecule has 1 aliphatic heterocycles. The normalized spacial score (nSPS) is 19.6. The number of para-hydroxylation sites is 1. The molecule has 0 amide bonds. The van der Waals surface area contributed by atoms with Gasteiger partial charge in [0.25, 0.3) is 0 Å². The molecule has 5 rings (SSSR count). The number of hydrogen-bond acceptors (Lipinski definition) is 6. The lowest BCUT2D eigenvalue weighted by Crippen LogP contribution is -2.24. The average molecular weight is 444 g/mol. The van der Waals surface area contributed by atoms with E-state index in [2.05, 4.69) is 24.8 Å². The van der Waals surface area contributed by atoms with E-state index in [-0.39, 0.29) is 17.6 Å². The van der Waals surface area contributed by atoms with Crippen molar-refractivity contribution in [1.29, 1.82) is 0 Å². The van der Waals surface area contributed by atoms with Gasteiger partial charge in [0.05, 0.1) is 12.1 Å². The number of halogens is 3. The number of aliphatic hydroxyl groups is 1. The van der Waals surface area contributed by atoms with E-state index in [1.807, 2.05) is 30.5 Å². The van der Waals surface area contributed by atoms with Crippen LogP contribution in [0, 0.1) is 0 Å². The van der Waals surface area contributed by atoms with Crippen molar-refractivity contribution in [3.05, 3.63) is 66.2 Å². The lowest BCUT2D eigenvalue weighted by atomic mass is 10.1. The Hall–Kier alpha value is -3.37. The van der Waals surface area contributed by atoms with E-state index in [0.29, 0.717) is 31.0 Å². The van der Waals surface area contributed by atoms with Crippen LogP contribution in [0.25, 0.3) is 22.3 Å². The molecule has 166 valence electrons. The topological polar surface area (TPSA) is 87.4 Å². The summed E-state index contributed by atoms with van der Waals surface area (Å²) in [5, 5.41) is 15.4. The number of ether oxygens (including phenoxy) is 1. The number of likely N-dealkylation sites (tertiary alicyclic amines) is 1. The first-order valence-electron chi connectivity index (χ1n) is 10.0. The lowest BCUT2D eigenvalue weighted by Gasteiger charge is -2.20. The summed E-state index contributed by atoms with van der Waals surface area (Å²) in [6.07, 6.45) is -2.88. The number of benzene rings is 2. The van der Waals surface area contributed by atoms with Crippen molar-refractivity contribution in [3.8, 4) is 17.1 Å². The maximum atomic E-state index is 12.3. The van der Waals surface area contributed by atoms with Gasteiger partial charge in [0.1, 0.15) is 5.75 Å². The third-order valence-corrected chi connectivity index (χ3v) is 5.50. The molecule has 1 saturated heterocycles. The molecule has 2 aromatic carbocycles. The molecule has 2 aromatic heterocycles. The number of aromatic amines is 1. The summed E-state index contributed by atoms with van der Waals surface area (Å²) >= 11 is 0. The van der Waals surface area contributed by atoms with E-state index in [9.17, 15) is 18.3 Å². The Morgan fingerprint density at radius 2 is 1.94 bits per heavy atom. The number of nitrogens with zero attached hydrogens (tertiary/aromatic N) is 3. The third kappa shape index (κ3) is 4.19. The summed E-state index contributed by atoms with van der Waals surface area (Å²) in [7, 11) is 0. The molecule has 0 radical (unpaired) electrons. The van der Waals surface area contributed by atoms with Crippen molar-refractivity contribution < 1.29 is 27.5 Å². The van der Waals surface area contributed by atoms with Crippen molar-refractivity contribution in [2.24, 2.45) is 0 Å². The Balaban J connectivity index is 1.35. The minimum atomic E-state index is -4.75. The van der Waals surface area contributed by atoms with Crippen LogP contribution in [0.4, 0.5) is 13.2 Å². The molecule has 2 atom stereocenters. The van der Waals surface area contributed by atoms with Crippen molar-refractivity contribution >= 4 is 10.9 Å². The van der Waals surface area contributed by atoms with Gasteiger partial charge < -0.3 is 19.4 Å². The van der Waals surface area contributed by atoms with E-state index >= 15 is 0 Å². The van der Waals surface area contributed by atoms with Crippen molar-refractivity contribution in [2.75, 3.05) is 6.54 Å². The Morgan fingerprint density at radius 3 is 2.72 bits per heavy atom. The predicted molar refractivity (Wildman–Crippen MR) is 108 cm³/mol. The fourth-order valence-corrected chi connectivity index (χ4v) is 4.09. The maximum Gasteiger partial charge on any atom is 0.573 e. The predicted octanol–water partition coefficient (Wildman–Crippen LogP) is 4.42. The summed E-state index contributed by atoms with van der Waals surface area (Å²) in [6, 6.07) is 13.0. The van der Waals surface area contributed by atoms with Gasteiger partial charge >= 0.3 is 6.36 Å². The zero-order valence-corrected chi connectivity index (χ0v) is 16.7. The second kappa shape index (κ2) is 7.95. The zero-order valence-electron chi connectivity index (χ0n) is 16.7. The van der Waals surface area contributed by atoms with Gasteiger partial charge in [-0.05, 0) is 42.3 Å². The molecule has 2 N–H and O–H groups in total. The lowest BCUT2D eigenvalue weighted by molar-refractivity contribution is -0.274. The summed E-state index contributed by atoms with van der Waals surface area (Å²) in [5.74, 6) is 0.285. The monoisotopic (exact) mass is 444 g/mol. The highest BCUT2D eigenvalue weighted by atomic mass is 19.4. The standard InChI is InChI=1S/C22H19F3N4O3/c23-22(24,25)31-16-7-5-13(6-8-16)20-27-21(32-28-20)19-9-15(30)12-29(19)11-14-10-26-18-4-2-1-3-17(14)18/h1-8,10,15,19,26,30H,9,11-12H2. The minimum absolute atomic E-state index is 0.256. The quantitative estimate of drug-likeness (QED) is 0.474. The Bertz CT molecular complexity index is 1220. The third-order valence-electron chi connectivity index (χ3n) is 5.50. The molecule has 1 fully saturated rings. The number of aliphatic hydroxyl groups excluding tert-OH is 1. The van der Waals surface area contributed by atoms with Crippen molar-refractivity contribution in [1.82, 2.24) is 20.0 Å². The number of alkyl halides is 3. The Labute approximate surface area is 180 Å². The Kier molecular flexibility index (Phi) is 5.10. The molecule has 32 heavy (non-hydrogen) atoms. The minimum Gasteiger partial charge on any atom is -0.406 e. The number of β-amino-alcohol motifs (C(OH)–C–C–N with tert-alkyl or cyclic N) is 1. The number of fused-ring (bicyclic) bond motifs is 1. The molecule has 3 heterocycles. The van der Waals surface area contributed by atoms with Crippen LogP contribution in [-0.2, 0) is 6.54 Å². The zero-order chi connectivity index (χ0) is 22.3. The van der Waals surface area contributed by atoms with Gasteiger partial charge in [-0.15, -0.1) is 13.2 Å². The van der Waals surface area contributed by atoms with Crippen LogP contribution in [0.15, 0.2) is 59.3 Å². The molecule has 1 aliphatic rings. The molecular formula is C22H19F3N4O3. The molecular weight excluding hydrogens is 425 g/mol. The number of rotatable bonds is 5. The van der Waals surface area contributed by atoms with Crippen LogP contribution in [0.3, 0.4) is 0 Å². The van der Waals surface area contributed by atoms with Crippen LogP contribution < -0.4 is 4.74 Å². The second-order valence-electron chi connectivity index (χ2n) is 7.72. The summed E-state index contributed by atoms with van der Waals surface area (Å²) < 4.78 is 46.4. The highest BCUT2D eigenvalue weighted by molar-refractivity contribution is 5.82. The van der Waals surface area contributed by atoms with Gasteiger partial charge in [-0.25, -0.2) is 0 Å². The smallest absolute Gasteiger partial charge is 0.406 e. The molecule has 0 saturated carbocycles.